The maximum absolute atomic E-state index is 13.5. The molecule has 1 aromatic heterocycles. The van der Waals surface area contributed by atoms with Crippen molar-refractivity contribution in [2.24, 2.45) is 0 Å². The van der Waals surface area contributed by atoms with Gasteiger partial charge in [0.25, 0.3) is 11.8 Å². The lowest BCUT2D eigenvalue weighted by Gasteiger charge is -2.11. The molecule has 2 N–H and O–H groups in total. The Morgan fingerprint density at radius 1 is 0.917 bits per heavy atom. The highest BCUT2D eigenvalue weighted by atomic mass is 16.5. The number of hydrogen-bond donors (Lipinski definition) is 2. The summed E-state index contributed by atoms with van der Waals surface area (Å²) in [7, 11) is 3.14. The maximum atomic E-state index is 13.5. The molecule has 1 aliphatic rings. The maximum Gasteiger partial charge on any atom is 0.259 e. The fourth-order valence-corrected chi connectivity index (χ4v) is 3.88. The van der Waals surface area contributed by atoms with E-state index in [2.05, 4.69) is 10.6 Å². The first-order valence-corrected chi connectivity index (χ1v) is 11.7. The third kappa shape index (κ3) is 4.93. The summed E-state index contributed by atoms with van der Waals surface area (Å²) in [6.45, 7) is 0. The number of aromatic nitrogens is 2. The van der Waals surface area contributed by atoms with Crippen molar-refractivity contribution in [3.05, 3.63) is 90.1 Å². The Labute approximate surface area is 208 Å². The van der Waals surface area contributed by atoms with E-state index in [9.17, 15) is 9.59 Å². The molecule has 3 aromatic carbocycles. The number of carbonyl (C=O) groups excluding carboxylic acids is 2. The highest BCUT2D eigenvalue weighted by Crippen LogP contribution is 2.35. The van der Waals surface area contributed by atoms with Crippen LogP contribution in [0.5, 0.6) is 11.5 Å². The summed E-state index contributed by atoms with van der Waals surface area (Å²) >= 11 is 0. The molecule has 0 unspecified atom stereocenters. The van der Waals surface area contributed by atoms with Crippen LogP contribution in [0.2, 0.25) is 0 Å². The van der Waals surface area contributed by atoms with E-state index in [-0.39, 0.29) is 17.9 Å². The molecule has 0 aliphatic heterocycles. The van der Waals surface area contributed by atoms with Gasteiger partial charge in [-0.15, -0.1) is 0 Å². The average Bonchev–Trinajstić information content (AvgIpc) is 3.62. The molecule has 0 radical (unpaired) electrons. The Morgan fingerprint density at radius 3 is 2.44 bits per heavy atom. The van der Waals surface area contributed by atoms with E-state index in [4.69, 9.17) is 14.6 Å². The van der Waals surface area contributed by atoms with Crippen LogP contribution in [0.4, 0.5) is 5.69 Å². The molecule has 1 fully saturated rings. The van der Waals surface area contributed by atoms with Crippen LogP contribution < -0.4 is 20.1 Å². The lowest BCUT2D eigenvalue weighted by Crippen LogP contribution is -2.25. The predicted octanol–water partition coefficient (Wildman–Crippen LogP) is 4.70. The Hall–Kier alpha value is -4.59. The molecule has 1 heterocycles. The Balaban J connectivity index is 1.52. The summed E-state index contributed by atoms with van der Waals surface area (Å²) in [5.41, 5.74) is 3.22. The van der Waals surface area contributed by atoms with E-state index >= 15 is 0 Å². The van der Waals surface area contributed by atoms with E-state index < -0.39 is 0 Å². The van der Waals surface area contributed by atoms with Gasteiger partial charge in [0.15, 0.2) is 0 Å². The highest BCUT2D eigenvalue weighted by molar-refractivity contribution is 6.09. The number of para-hydroxylation sites is 1. The first-order chi connectivity index (χ1) is 17.6. The Bertz CT molecular complexity index is 1410. The second-order valence-electron chi connectivity index (χ2n) is 8.52. The third-order valence-electron chi connectivity index (χ3n) is 5.94. The second kappa shape index (κ2) is 9.95. The minimum atomic E-state index is -0.364. The molecule has 8 nitrogen and oxygen atoms in total. The third-order valence-corrected chi connectivity index (χ3v) is 5.94. The van der Waals surface area contributed by atoms with Crippen LogP contribution in [0.15, 0.2) is 79.0 Å². The molecule has 0 bridgehead atoms. The smallest absolute Gasteiger partial charge is 0.259 e. The zero-order chi connectivity index (χ0) is 25.1. The van der Waals surface area contributed by atoms with Crippen LogP contribution >= 0.6 is 0 Å². The van der Waals surface area contributed by atoms with Crippen molar-refractivity contribution >= 4 is 17.5 Å². The summed E-state index contributed by atoms with van der Waals surface area (Å²) < 4.78 is 12.6. The van der Waals surface area contributed by atoms with Crippen molar-refractivity contribution < 1.29 is 19.1 Å². The molecule has 36 heavy (non-hydrogen) atoms. The van der Waals surface area contributed by atoms with Crippen LogP contribution in [0, 0.1) is 0 Å². The van der Waals surface area contributed by atoms with Gasteiger partial charge in [-0.1, -0.05) is 24.3 Å². The summed E-state index contributed by atoms with van der Waals surface area (Å²) in [5.74, 6) is 0.659. The van der Waals surface area contributed by atoms with Crippen molar-refractivity contribution in [1.29, 1.82) is 0 Å². The quantitative estimate of drug-likeness (QED) is 0.380. The standard InChI is InChI=1S/C28H26N4O4/c1-35-22-13-14-25(36-2)23(16-22)26-24(17-32(31-26)21-9-4-3-5-10-21)28(34)30-20-8-6-7-18(15-20)27(33)29-19-11-12-19/h3-10,13-17,19H,11-12H2,1-2H3,(H,29,33)(H,30,34). The van der Waals surface area contributed by atoms with Crippen LogP contribution in [-0.2, 0) is 0 Å². The number of hydrogen-bond acceptors (Lipinski definition) is 5. The molecule has 0 atom stereocenters. The van der Waals surface area contributed by atoms with Gasteiger partial charge in [-0.2, -0.15) is 5.10 Å². The van der Waals surface area contributed by atoms with Gasteiger partial charge in [0.05, 0.1) is 25.5 Å². The number of benzene rings is 3. The van der Waals surface area contributed by atoms with E-state index in [1.165, 1.54) is 0 Å². The summed E-state index contributed by atoms with van der Waals surface area (Å²) in [4.78, 5) is 26.0. The molecule has 182 valence electrons. The zero-order valence-corrected chi connectivity index (χ0v) is 20.0. The van der Waals surface area contributed by atoms with Crippen molar-refractivity contribution in [1.82, 2.24) is 15.1 Å². The van der Waals surface area contributed by atoms with Gasteiger partial charge in [0.2, 0.25) is 0 Å². The first kappa shape index (κ1) is 23.2. The van der Waals surface area contributed by atoms with Gasteiger partial charge >= 0.3 is 0 Å². The monoisotopic (exact) mass is 482 g/mol. The number of rotatable bonds is 8. The molecule has 1 saturated carbocycles. The van der Waals surface area contributed by atoms with Crippen LogP contribution in [-0.4, -0.2) is 41.9 Å². The minimum absolute atomic E-state index is 0.146. The number of carbonyl (C=O) groups is 2. The lowest BCUT2D eigenvalue weighted by molar-refractivity contribution is 0.0949. The van der Waals surface area contributed by atoms with Crippen LogP contribution in [0.1, 0.15) is 33.6 Å². The molecule has 4 aromatic rings. The topological polar surface area (TPSA) is 94.5 Å². The summed E-state index contributed by atoms with van der Waals surface area (Å²) in [6.07, 6.45) is 3.69. The van der Waals surface area contributed by atoms with Crippen molar-refractivity contribution in [3.8, 4) is 28.4 Å². The molecular weight excluding hydrogens is 456 g/mol. The van der Waals surface area contributed by atoms with Crippen LogP contribution in [0.3, 0.4) is 0 Å². The predicted molar refractivity (Wildman–Crippen MR) is 137 cm³/mol. The number of ether oxygens (including phenoxy) is 2. The van der Waals surface area contributed by atoms with Crippen LogP contribution in [0.25, 0.3) is 16.9 Å². The summed E-state index contributed by atoms with van der Waals surface area (Å²) in [5, 5.41) is 10.6. The number of anilines is 1. The largest absolute Gasteiger partial charge is 0.497 e. The van der Waals surface area contributed by atoms with Crippen molar-refractivity contribution in [2.75, 3.05) is 19.5 Å². The minimum Gasteiger partial charge on any atom is -0.497 e. The molecule has 5 rings (SSSR count). The molecule has 2 amide bonds. The van der Waals surface area contributed by atoms with Gasteiger partial charge < -0.3 is 20.1 Å². The normalized spacial score (nSPS) is 12.6. The molecular formula is C28H26N4O4. The van der Waals surface area contributed by atoms with Crippen molar-refractivity contribution in [3.63, 3.8) is 0 Å². The number of nitrogens with one attached hydrogen (secondary N) is 2. The van der Waals surface area contributed by atoms with E-state index in [0.717, 1.165) is 18.5 Å². The molecule has 0 saturated heterocycles. The first-order valence-electron chi connectivity index (χ1n) is 11.7. The average molecular weight is 483 g/mol. The number of methoxy groups -OCH3 is 2. The number of amides is 2. The SMILES string of the molecule is COc1ccc(OC)c(-c2nn(-c3ccccc3)cc2C(=O)Nc2cccc(C(=O)NC3CC3)c2)c1. The second-order valence-corrected chi connectivity index (χ2v) is 8.52. The van der Waals surface area contributed by atoms with Gasteiger partial charge in [-0.3, -0.25) is 9.59 Å². The van der Waals surface area contributed by atoms with E-state index in [0.29, 0.717) is 39.6 Å². The molecule has 0 spiro atoms. The van der Waals surface area contributed by atoms with E-state index in [1.807, 2.05) is 30.3 Å². The summed E-state index contributed by atoms with van der Waals surface area (Å²) in [6, 6.07) is 22.0. The fourth-order valence-electron chi connectivity index (χ4n) is 3.88. The van der Waals surface area contributed by atoms with Gasteiger partial charge in [-0.25, -0.2) is 4.68 Å². The highest BCUT2D eigenvalue weighted by Gasteiger charge is 2.25. The fraction of sp³-hybridized carbons (Fsp3) is 0.179. The Kier molecular flexibility index (Phi) is 6.40. The van der Waals surface area contributed by atoms with Gasteiger partial charge in [0.1, 0.15) is 17.2 Å². The number of nitrogens with zero attached hydrogens (tertiary/aromatic N) is 2. The molecule has 8 heteroatoms. The van der Waals surface area contributed by atoms with E-state index in [1.54, 1.807) is 67.6 Å². The molecule has 1 aliphatic carbocycles. The Morgan fingerprint density at radius 2 is 1.72 bits per heavy atom. The zero-order valence-electron chi connectivity index (χ0n) is 20.0. The van der Waals surface area contributed by atoms with Crippen molar-refractivity contribution in [2.45, 2.75) is 18.9 Å². The van der Waals surface area contributed by atoms with Gasteiger partial charge in [-0.05, 0) is 61.4 Å². The van der Waals surface area contributed by atoms with Gasteiger partial charge in [0, 0.05) is 29.1 Å². The lowest BCUT2D eigenvalue weighted by atomic mass is 10.1.